The van der Waals surface area contributed by atoms with Gasteiger partial charge < -0.3 is 14.7 Å². The van der Waals surface area contributed by atoms with Gasteiger partial charge in [-0.25, -0.2) is 4.39 Å². The van der Waals surface area contributed by atoms with Gasteiger partial charge >= 0.3 is 5.97 Å². The molecular weight excluding hydrogens is 253 g/mol. The number of para-hydroxylation sites is 1. The number of rotatable bonds is 5. The van der Waals surface area contributed by atoms with Gasteiger partial charge in [0, 0.05) is 13.1 Å². The Morgan fingerprint density at radius 1 is 1.37 bits per heavy atom. The number of hydrogen-bond donors (Lipinski definition) is 1. The van der Waals surface area contributed by atoms with E-state index in [1.807, 2.05) is 0 Å². The lowest BCUT2D eigenvalue weighted by Crippen LogP contribution is -2.53. The van der Waals surface area contributed by atoms with Gasteiger partial charge in [0.25, 0.3) is 0 Å². The summed E-state index contributed by atoms with van der Waals surface area (Å²) in [5, 5.41) is 8.68. The molecule has 0 aromatic heterocycles. The molecule has 1 amide bonds. The highest BCUT2D eigenvalue weighted by Crippen LogP contribution is 2.18. The Kier molecular flexibility index (Phi) is 3.99. The first-order chi connectivity index (χ1) is 9.08. The van der Waals surface area contributed by atoms with Crippen LogP contribution in [0.5, 0.6) is 5.75 Å². The first-order valence-corrected chi connectivity index (χ1v) is 5.96. The van der Waals surface area contributed by atoms with Crippen LogP contribution in [0.1, 0.15) is 6.42 Å². The molecule has 0 unspecified atom stereocenters. The van der Waals surface area contributed by atoms with Crippen LogP contribution in [0.25, 0.3) is 0 Å². The number of carboxylic acids is 1. The first kappa shape index (κ1) is 13.3. The number of benzene rings is 1. The standard InChI is InChI=1S/C13H14FNO4/c14-10-3-1-2-4-11(10)19-6-5-12(16)15-7-9(8-15)13(17)18/h1-4,9H,5-8H2,(H,17,18). The largest absolute Gasteiger partial charge is 0.490 e. The number of halogens is 1. The van der Waals surface area contributed by atoms with Crippen LogP contribution in [0.3, 0.4) is 0 Å². The summed E-state index contributed by atoms with van der Waals surface area (Å²) in [6.07, 6.45) is 0.112. The van der Waals surface area contributed by atoms with Gasteiger partial charge in [-0.15, -0.1) is 0 Å². The monoisotopic (exact) mass is 267 g/mol. The molecule has 19 heavy (non-hydrogen) atoms. The Morgan fingerprint density at radius 2 is 2.05 bits per heavy atom. The van der Waals surface area contributed by atoms with Crippen LogP contribution >= 0.6 is 0 Å². The number of likely N-dealkylation sites (tertiary alicyclic amines) is 1. The Hall–Kier alpha value is -2.11. The molecule has 0 saturated carbocycles. The van der Waals surface area contributed by atoms with Crippen molar-refractivity contribution >= 4 is 11.9 Å². The summed E-state index contributed by atoms with van der Waals surface area (Å²) in [7, 11) is 0. The zero-order chi connectivity index (χ0) is 13.8. The van der Waals surface area contributed by atoms with Crippen LogP contribution in [0.4, 0.5) is 4.39 Å². The van der Waals surface area contributed by atoms with Crippen molar-refractivity contribution in [2.24, 2.45) is 5.92 Å². The van der Waals surface area contributed by atoms with Crippen molar-refractivity contribution in [1.82, 2.24) is 4.90 Å². The minimum absolute atomic E-state index is 0.0774. The van der Waals surface area contributed by atoms with Gasteiger partial charge in [-0.3, -0.25) is 9.59 Å². The Balaban J connectivity index is 1.71. The van der Waals surface area contributed by atoms with E-state index < -0.39 is 17.7 Å². The van der Waals surface area contributed by atoms with Crippen LogP contribution in [-0.4, -0.2) is 41.6 Å². The van der Waals surface area contributed by atoms with Gasteiger partial charge in [0.15, 0.2) is 11.6 Å². The molecule has 0 aliphatic carbocycles. The predicted molar refractivity (Wildman–Crippen MR) is 64.2 cm³/mol. The summed E-state index contributed by atoms with van der Waals surface area (Å²) >= 11 is 0. The molecule has 5 nitrogen and oxygen atoms in total. The van der Waals surface area contributed by atoms with Crippen LogP contribution in [0, 0.1) is 11.7 Å². The van der Waals surface area contributed by atoms with Crippen LogP contribution in [-0.2, 0) is 9.59 Å². The molecule has 1 fully saturated rings. The van der Waals surface area contributed by atoms with Gasteiger partial charge in [-0.1, -0.05) is 12.1 Å². The molecule has 1 aliphatic rings. The molecule has 1 aromatic rings. The molecule has 102 valence electrons. The first-order valence-electron chi connectivity index (χ1n) is 5.96. The Labute approximate surface area is 109 Å². The van der Waals surface area contributed by atoms with E-state index in [9.17, 15) is 14.0 Å². The number of ether oxygens (including phenoxy) is 1. The summed E-state index contributed by atoms with van der Waals surface area (Å²) in [6, 6.07) is 5.97. The summed E-state index contributed by atoms with van der Waals surface area (Å²) in [4.78, 5) is 23.7. The zero-order valence-electron chi connectivity index (χ0n) is 10.2. The number of hydrogen-bond acceptors (Lipinski definition) is 3. The van der Waals surface area contributed by atoms with Gasteiger partial charge in [0.2, 0.25) is 5.91 Å². The highest BCUT2D eigenvalue weighted by Gasteiger charge is 2.35. The van der Waals surface area contributed by atoms with Crippen molar-refractivity contribution in [3.05, 3.63) is 30.1 Å². The number of carbonyl (C=O) groups excluding carboxylic acids is 1. The van der Waals surface area contributed by atoms with Crippen molar-refractivity contribution in [3.8, 4) is 5.75 Å². The highest BCUT2D eigenvalue weighted by molar-refractivity contribution is 5.81. The number of nitrogens with zero attached hydrogens (tertiary/aromatic N) is 1. The van der Waals surface area contributed by atoms with E-state index in [4.69, 9.17) is 9.84 Å². The number of carboxylic acid groups (broad SMARTS) is 1. The maximum absolute atomic E-state index is 13.2. The number of aliphatic carboxylic acids is 1. The Morgan fingerprint density at radius 3 is 2.68 bits per heavy atom. The molecule has 0 bridgehead atoms. The quantitative estimate of drug-likeness (QED) is 0.868. The lowest BCUT2D eigenvalue weighted by Gasteiger charge is -2.36. The molecule has 1 saturated heterocycles. The maximum atomic E-state index is 13.2. The molecule has 1 aliphatic heterocycles. The molecule has 0 atom stereocenters. The summed E-state index contributed by atoms with van der Waals surface area (Å²) in [5.41, 5.74) is 0. The van der Waals surface area contributed by atoms with E-state index in [0.717, 1.165) is 0 Å². The fourth-order valence-corrected chi connectivity index (χ4v) is 1.81. The second kappa shape index (κ2) is 5.69. The minimum Gasteiger partial charge on any atom is -0.490 e. The second-order valence-electron chi connectivity index (χ2n) is 4.36. The third kappa shape index (κ3) is 3.21. The molecule has 0 spiro atoms. The van der Waals surface area contributed by atoms with Crippen molar-refractivity contribution in [1.29, 1.82) is 0 Å². The van der Waals surface area contributed by atoms with Crippen molar-refractivity contribution in [3.63, 3.8) is 0 Å². The van der Waals surface area contributed by atoms with E-state index in [2.05, 4.69) is 0 Å². The maximum Gasteiger partial charge on any atom is 0.310 e. The minimum atomic E-state index is -0.883. The molecule has 1 aromatic carbocycles. The van der Waals surface area contributed by atoms with Crippen LogP contribution < -0.4 is 4.74 Å². The molecular formula is C13H14FNO4. The van der Waals surface area contributed by atoms with Crippen molar-refractivity contribution in [2.45, 2.75) is 6.42 Å². The highest BCUT2D eigenvalue weighted by atomic mass is 19.1. The molecule has 1 heterocycles. The van der Waals surface area contributed by atoms with Gasteiger partial charge in [-0.05, 0) is 12.1 Å². The van der Waals surface area contributed by atoms with Gasteiger partial charge in [0.1, 0.15) is 0 Å². The average molecular weight is 267 g/mol. The number of amides is 1. The average Bonchev–Trinajstić information content (AvgIpc) is 2.29. The van der Waals surface area contributed by atoms with Gasteiger partial charge in [-0.2, -0.15) is 0 Å². The molecule has 6 heteroatoms. The Bertz CT molecular complexity index is 485. The fourth-order valence-electron chi connectivity index (χ4n) is 1.81. The predicted octanol–water partition coefficient (Wildman–Crippen LogP) is 1.14. The van der Waals surface area contributed by atoms with E-state index in [1.165, 1.54) is 17.0 Å². The van der Waals surface area contributed by atoms with Crippen LogP contribution in [0.15, 0.2) is 24.3 Å². The smallest absolute Gasteiger partial charge is 0.310 e. The lowest BCUT2D eigenvalue weighted by atomic mass is 10.0. The van der Waals surface area contributed by atoms with Gasteiger partial charge in [0.05, 0.1) is 18.9 Å². The van der Waals surface area contributed by atoms with E-state index in [-0.39, 0.29) is 37.8 Å². The zero-order valence-corrected chi connectivity index (χ0v) is 10.2. The third-order valence-electron chi connectivity index (χ3n) is 2.99. The lowest BCUT2D eigenvalue weighted by molar-refractivity contribution is -0.152. The topological polar surface area (TPSA) is 66.8 Å². The summed E-state index contributed by atoms with van der Waals surface area (Å²) in [5.74, 6) is -1.87. The number of carbonyl (C=O) groups is 2. The van der Waals surface area contributed by atoms with E-state index in [0.29, 0.717) is 0 Å². The SMILES string of the molecule is O=C(O)C1CN(C(=O)CCOc2ccccc2F)C1. The van der Waals surface area contributed by atoms with Crippen molar-refractivity contribution in [2.75, 3.05) is 19.7 Å². The summed E-state index contributed by atoms with van der Waals surface area (Å²) in [6.45, 7) is 0.565. The molecule has 1 N–H and O–H groups in total. The fraction of sp³-hybridized carbons (Fsp3) is 0.385. The summed E-state index contributed by atoms with van der Waals surface area (Å²) < 4.78 is 18.4. The normalized spacial score (nSPS) is 14.9. The van der Waals surface area contributed by atoms with Crippen molar-refractivity contribution < 1.29 is 23.8 Å². The molecule has 0 radical (unpaired) electrons. The van der Waals surface area contributed by atoms with Crippen LogP contribution in [0.2, 0.25) is 0 Å². The second-order valence-corrected chi connectivity index (χ2v) is 4.36. The molecule has 2 rings (SSSR count). The van der Waals surface area contributed by atoms with E-state index in [1.54, 1.807) is 12.1 Å². The van der Waals surface area contributed by atoms with E-state index >= 15 is 0 Å². The third-order valence-corrected chi connectivity index (χ3v) is 2.99.